The first kappa shape index (κ1) is 14.5. The van der Waals surface area contributed by atoms with E-state index >= 15 is 0 Å². The number of fused-ring (bicyclic) bond motifs is 1. The van der Waals surface area contributed by atoms with Gasteiger partial charge in [0.1, 0.15) is 11.6 Å². The van der Waals surface area contributed by atoms with Crippen LogP contribution in [-0.2, 0) is 6.54 Å². The fraction of sp³-hybridized carbons (Fsp3) is 0.333. The fourth-order valence-corrected chi connectivity index (χ4v) is 2.71. The van der Waals surface area contributed by atoms with Crippen LogP contribution in [0, 0.1) is 5.82 Å². The molecule has 0 amide bonds. The third kappa shape index (κ3) is 2.43. The first-order chi connectivity index (χ1) is 10.6. The largest absolute Gasteiger partial charge is 0.358 e. The molecular weight excluding hydrogens is 287 g/mol. The Morgan fingerprint density at radius 2 is 2.05 bits per heavy atom. The van der Waals surface area contributed by atoms with Crippen LogP contribution in [0.5, 0.6) is 0 Å². The van der Waals surface area contributed by atoms with E-state index < -0.39 is 17.1 Å². The van der Waals surface area contributed by atoms with Crippen molar-refractivity contribution in [1.29, 1.82) is 0 Å². The number of aromatic nitrogens is 2. The molecule has 0 fully saturated rings. The first-order valence-electron chi connectivity index (χ1n) is 7.21. The summed E-state index contributed by atoms with van der Waals surface area (Å²) in [5.41, 5.74) is -0.509. The van der Waals surface area contributed by atoms with Crippen LogP contribution < -0.4 is 16.6 Å². The summed E-state index contributed by atoms with van der Waals surface area (Å²) in [6, 6.07) is 5.99. The molecule has 0 radical (unpaired) electrons. The zero-order valence-corrected chi connectivity index (χ0v) is 12.2. The molecule has 1 aliphatic rings. The molecule has 6 nitrogen and oxygen atoms in total. The van der Waals surface area contributed by atoms with E-state index in [1.807, 2.05) is 0 Å². The molecule has 2 aromatic rings. The smallest absolute Gasteiger partial charge is 0.334 e. The number of hydrogen-bond acceptors (Lipinski definition) is 4. The second-order valence-corrected chi connectivity index (χ2v) is 5.26. The number of rotatable bonds is 3. The van der Waals surface area contributed by atoms with E-state index in [0.29, 0.717) is 24.6 Å². The van der Waals surface area contributed by atoms with Gasteiger partial charge in [-0.2, -0.15) is 0 Å². The molecule has 2 N–H and O–H groups in total. The Balaban J connectivity index is 2.18. The van der Waals surface area contributed by atoms with Crippen molar-refractivity contribution in [3.63, 3.8) is 0 Å². The summed E-state index contributed by atoms with van der Waals surface area (Å²) in [6.45, 7) is 3.84. The molecule has 0 saturated heterocycles. The van der Waals surface area contributed by atoms with Crippen LogP contribution in [0.1, 0.15) is 18.9 Å². The van der Waals surface area contributed by atoms with Gasteiger partial charge in [0.15, 0.2) is 0 Å². The van der Waals surface area contributed by atoms with Gasteiger partial charge in [0.25, 0.3) is 5.56 Å². The van der Waals surface area contributed by atoms with Crippen molar-refractivity contribution in [3.05, 3.63) is 56.5 Å². The van der Waals surface area contributed by atoms with E-state index in [-0.39, 0.29) is 5.69 Å². The highest BCUT2D eigenvalue weighted by atomic mass is 19.1. The Hall–Kier alpha value is -2.41. The second kappa shape index (κ2) is 5.76. The molecule has 0 saturated carbocycles. The minimum atomic E-state index is -0.648. The first-order valence-corrected chi connectivity index (χ1v) is 7.21. The van der Waals surface area contributed by atoms with Crippen LogP contribution in [-0.4, -0.2) is 27.7 Å². The molecular formula is C15H17FN4O2. The maximum atomic E-state index is 14.0. The summed E-state index contributed by atoms with van der Waals surface area (Å²) in [5.74, 6) is -0.150. The number of anilines is 1. The lowest BCUT2D eigenvalue weighted by Gasteiger charge is -2.30. The van der Waals surface area contributed by atoms with Gasteiger partial charge < -0.3 is 5.32 Å². The van der Waals surface area contributed by atoms with Gasteiger partial charge in [-0.3, -0.25) is 14.7 Å². The van der Waals surface area contributed by atoms with Gasteiger partial charge in [-0.05, 0) is 25.1 Å². The number of H-pyrrole nitrogens is 1. The molecule has 0 spiro atoms. The topological polar surface area (TPSA) is 70.1 Å². The highest BCUT2D eigenvalue weighted by Gasteiger charge is 2.23. The van der Waals surface area contributed by atoms with Crippen LogP contribution in [0.4, 0.5) is 10.2 Å². The Kier molecular flexibility index (Phi) is 3.81. The maximum Gasteiger partial charge on any atom is 0.334 e. The molecule has 116 valence electrons. The summed E-state index contributed by atoms with van der Waals surface area (Å²) in [5, 5.41) is 3.08. The maximum absolute atomic E-state index is 14.0. The molecule has 0 bridgehead atoms. The lowest BCUT2D eigenvalue weighted by Crippen LogP contribution is -2.43. The van der Waals surface area contributed by atoms with Crippen LogP contribution in [0.2, 0.25) is 0 Å². The average Bonchev–Trinajstić information content (AvgIpc) is 2.50. The van der Waals surface area contributed by atoms with Crippen molar-refractivity contribution in [2.75, 3.05) is 18.5 Å². The van der Waals surface area contributed by atoms with E-state index in [4.69, 9.17) is 0 Å². The number of hydrogen-bond donors (Lipinski definition) is 2. The summed E-state index contributed by atoms with van der Waals surface area (Å²) in [7, 11) is 0. The van der Waals surface area contributed by atoms with Gasteiger partial charge in [-0.1, -0.05) is 19.1 Å². The molecule has 1 aromatic heterocycles. The van der Waals surface area contributed by atoms with E-state index in [0.717, 1.165) is 13.0 Å². The lowest BCUT2D eigenvalue weighted by molar-refractivity contribution is 0.273. The average molecular weight is 304 g/mol. The molecule has 1 aliphatic heterocycles. The van der Waals surface area contributed by atoms with Gasteiger partial charge in [-0.15, -0.1) is 0 Å². The number of nitrogens with one attached hydrogen (secondary N) is 2. The van der Waals surface area contributed by atoms with Crippen molar-refractivity contribution < 1.29 is 4.39 Å². The van der Waals surface area contributed by atoms with Crippen molar-refractivity contribution in [3.8, 4) is 5.69 Å². The van der Waals surface area contributed by atoms with E-state index in [1.54, 1.807) is 12.1 Å². The molecule has 22 heavy (non-hydrogen) atoms. The molecule has 0 unspecified atom stereocenters. The number of benzene rings is 1. The minimum Gasteiger partial charge on any atom is -0.358 e. The zero-order valence-electron chi connectivity index (χ0n) is 12.2. The SMILES string of the molecule is CCCN1CNc2c(c(=O)[nH]c(=O)n2-c2ccccc2F)C1. The Morgan fingerprint density at radius 1 is 1.27 bits per heavy atom. The second-order valence-electron chi connectivity index (χ2n) is 5.26. The van der Waals surface area contributed by atoms with Gasteiger partial charge in [0.2, 0.25) is 0 Å². The van der Waals surface area contributed by atoms with E-state index in [1.165, 1.54) is 16.7 Å². The van der Waals surface area contributed by atoms with Crippen LogP contribution in [0.3, 0.4) is 0 Å². The normalized spacial score (nSPS) is 14.5. The third-order valence-corrected chi connectivity index (χ3v) is 3.69. The van der Waals surface area contributed by atoms with Crippen molar-refractivity contribution in [2.24, 2.45) is 0 Å². The van der Waals surface area contributed by atoms with Gasteiger partial charge in [-0.25, -0.2) is 13.8 Å². The molecule has 3 rings (SSSR count). The van der Waals surface area contributed by atoms with Crippen LogP contribution in [0.25, 0.3) is 5.69 Å². The summed E-state index contributed by atoms with van der Waals surface area (Å²) < 4.78 is 15.2. The van der Waals surface area contributed by atoms with Crippen LogP contribution in [0.15, 0.2) is 33.9 Å². The monoisotopic (exact) mass is 304 g/mol. The zero-order chi connectivity index (χ0) is 15.7. The minimum absolute atomic E-state index is 0.122. The number of nitrogens with zero attached hydrogens (tertiary/aromatic N) is 2. The van der Waals surface area contributed by atoms with Crippen LogP contribution >= 0.6 is 0 Å². The predicted molar refractivity (Wildman–Crippen MR) is 81.8 cm³/mol. The fourth-order valence-electron chi connectivity index (χ4n) is 2.71. The lowest BCUT2D eigenvalue weighted by atomic mass is 10.2. The van der Waals surface area contributed by atoms with E-state index in [2.05, 4.69) is 22.1 Å². The van der Waals surface area contributed by atoms with Gasteiger partial charge >= 0.3 is 5.69 Å². The Labute approximate surface area is 126 Å². The standard InChI is InChI=1S/C15H17FN4O2/c1-2-7-19-8-10-13(17-9-19)20(15(22)18-14(10)21)12-6-4-3-5-11(12)16/h3-6,17H,2,7-9H2,1H3,(H,18,21,22). The molecule has 2 heterocycles. The quantitative estimate of drug-likeness (QED) is 0.895. The number of para-hydroxylation sites is 1. The molecule has 0 aliphatic carbocycles. The van der Waals surface area contributed by atoms with Crippen molar-refractivity contribution in [2.45, 2.75) is 19.9 Å². The molecule has 7 heteroatoms. The number of aromatic amines is 1. The predicted octanol–water partition coefficient (Wildman–Crippen LogP) is 1.26. The summed E-state index contributed by atoms with van der Waals surface area (Å²) >= 11 is 0. The van der Waals surface area contributed by atoms with Gasteiger partial charge in [0, 0.05) is 6.54 Å². The highest BCUT2D eigenvalue weighted by molar-refractivity contribution is 5.52. The highest BCUT2D eigenvalue weighted by Crippen LogP contribution is 2.22. The molecule has 0 atom stereocenters. The van der Waals surface area contributed by atoms with E-state index in [9.17, 15) is 14.0 Å². The number of halogens is 1. The Bertz CT molecular complexity index is 812. The third-order valence-electron chi connectivity index (χ3n) is 3.69. The van der Waals surface area contributed by atoms with Gasteiger partial charge in [0.05, 0.1) is 17.9 Å². The molecule has 1 aromatic carbocycles. The van der Waals surface area contributed by atoms with Crippen molar-refractivity contribution in [1.82, 2.24) is 14.5 Å². The Morgan fingerprint density at radius 3 is 2.77 bits per heavy atom. The summed E-state index contributed by atoms with van der Waals surface area (Å²) in [4.78, 5) is 28.6. The summed E-state index contributed by atoms with van der Waals surface area (Å²) in [6.07, 6.45) is 0.960. The van der Waals surface area contributed by atoms with Crippen molar-refractivity contribution >= 4 is 5.82 Å².